The summed E-state index contributed by atoms with van der Waals surface area (Å²) in [6, 6.07) is -0.0481. The Morgan fingerprint density at radius 2 is 2.40 bits per heavy atom. The van der Waals surface area contributed by atoms with E-state index in [1.165, 1.54) is 11.8 Å². The van der Waals surface area contributed by atoms with Crippen molar-refractivity contribution in [2.45, 2.75) is 18.5 Å². The molecule has 0 aromatic heterocycles. The summed E-state index contributed by atoms with van der Waals surface area (Å²) in [5.41, 5.74) is 0. The van der Waals surface area contributed by atoms with Crippen LogP contribution in [0.3, 0.4) is 0 Å². The highest BCUT2D eigenvalue weighted by molar-refractivity contribution is 8.14. The molecular weight excluding hydrogens is 214 g/mol. The minimum absolute atomic E-state index is 0.0297. The number of nitrogens with one attached hydrogen (secondary N) is 2. The summed E-state index contributed by atoms with van der Waals surface area (Å²) in [5.74, 6) is 0.587. The van der Waals surface area contributed by atoms with Gasteiger partial charge in [0.05, 0.1) is 0 Å². The summed E-state index contributed by atoms with van der Waals surface area (Å²) < 4.78 is 0. The molecule has 2 saturated heterocycles. The number of hydrogen-bond donors (Lipinski definition) is 2. The Morgan fingerprint density at radius 3 is 2.93 bits per heavy atom. The van der Waals surface area contributed by atoms with Gasteiger partial charge in [0, 0.05) is 25.4 Å². The molecule has 5 nitrogen and oxygen atoms in total. The van der Waals surface area contributed by atoms with Crippen LogP contribution in [0.15, 0.2) is 0 Å². The van der Waals surface area contributed by atoms with Crippen LogP contribution < -0.4 is 10.6 Å². The van der Waals surface area contributed by atoms with Crippen molar-refractivity contribution in [1.29, 1.82) is 0 Å². The lowest BCUT2D eigenvalue weighted by Crippen LogP contribution is -2.48. The molecule has 0 radical (unpaired) electrons. The maximum Gasteiger partial charge on any atom is 0.279 e. The molecule has 1 unspecified atom stereocenters. The Kier molecular flexibility index (Phi) is 3.16. The molecule has 15 heavy (non-hydrogen) atoms. The van der Waals surface area contributed by atoms with Gasteiger partial charge in [-0.1, -0.05) is 11.8 Å². The fraction of sp³-hybridized carbons (Fsp3) is 0.778. The summed E-state index contributed by atoms with van der Waals surface area (Å²) in [6.45, 7) is 1.82. The van der Waals surface area contributed by atoms with E-state index in [1.54, 1.807) is 4.90 Å². The van der Waals surface area contributed by atoms with Gasteiger partial charge in [-0.05, 0) is 13.0 Å². The average Bonchev–Trinajstić information content (AvgIpc) is 2.85. The smallest absolute Gasteiger partial charge is 0.279 e. The third kappa shape index (κ3) is 2.26. The highest BCUT2D eigenvalue weighted by Crippen LogP contribution is 2.16. The number of likely N-dealkylation sites (N-methyl/N-ethyl adjacent to an activating group) is 1. The number of amides is 2. The van der Waals surface area contributed by atoms with E-state index in [9.17, 15) is 9.59 Å². The van der Waals surface area contributed by atoms with Crippen LogP contribution >= 0.6 is 11.8 Å². The number of nitrogens with zero attached hydrogens (tertiary/aromatic N) is 1. The molecule has 0 spiro atoms. The summed E-state index contributed by atoms with van der Waals surface area (Å²) in [4.78, 5) is 24.7. The molecule has 2 N–H and O–H groups in total. The minimum Gasteiger partial charge on any atom is -0.340 e. The zero-order chi connectivity index (χ0) is 10.8. The Morgan fingerprint density at radius 1 is 1.60 bits per heavy atom. The van der Waals surface area contributed by atoms with Crippen LogP contribution in [-0.2, 0) is 4.79 Å². The molecule has 2 amide bonds. The maximum absolute atomic E-state index is 11.9. The molecule has 2 rings (SSSR count). The number of hydrogen-bond acceptors (Lipinski definition) is 4. The van der Waals surface area contributed by atoms with Gasteiger partial charge in [-0.3, -0.25) is 9.59 Å². The van der Waals surface area contributed by atoms with Crippen molar-refractivity contribution in [3.8, 4) is 0 Å². The topological polar surface area (TPSA) is 61.4 Å². The molecule has 84 valence electrons. The van der Waals surface area contributed by atoms with Crippen LogP contribution in [0.1, 0.15) is 6.42 Å². The van der Waals surface area contributed by atoms with Gasteiger partial charge >= 0.3 is 0 Å². The molecular formula is C9H15N3O2S. The molecule has 0 aromatic rings. The second kappa shape index (κ2) is 4.40. The molecule has 2 aliphatic rings. The van der Waals surface area contributed by atoms with Gasteiger partial charge in [0.15, 0.2) is 0 Å². The number of rotatable bonds is 2. The van der Waals surface area contributed by atoms with Crippen LogP contribution in [0.5, 0.6) is 0 Å². The lowest BCUT2D eigenvalue weighted by atomic mass is 10.2. The van der Waals surface area contributed by atoms with Gasteiger partial charge in [-0.2, -0.15) is 0 Å². The predicted octanol–water partition coefficient (Wildman–Crippen LogP) is -0.368. The first kappa shape index (κ1) is 10.8. The van der Waals surface area contributed by atoms with E-state index in [0.717, 1.165) is 19.5 Å². The van der Waals surface area contributed by atoms with E-state index in [4.69, 9.17) is 0 Å². The van der Waals surface area contributed by atoms with E-state index < -0.39 is 0 Å². The fourth-order valence-electron chi connectivity index (χ4n) is 1.91. The number of carbonyl (C=O) groups is 2. The lowest BCUT2D eigenvalue weighted by molar-refractivity contribution is -0.132. The SMILES string of the molecule is CN(C(=O)[C@@H]1CSC(=O)N1)C1CCNC1. The van der Waals surface area contributed by atoms with Gasteiger partial charge in [-0.25, -0.2) is 0 Å². The van der Waals surface area contributed by atoms with E-state index in [2.05, 4.69) is 10.6 Å². The van der Waals surface area contributed by atoms with Gasteiger partial charge in [-0.15, -0.1) is 0 Å². The second-order valence-corrected chi connectivity index (χ2v) is 4.88. The van der Waals surface area contributed by atoms with Crippen LogP contribution in [0, 0.1) is 0 Å². The zero-order valence-electron chi connectivity index (χ0n) is 8.66. The largest absolute Gasteiger partial charge is 0.340 e. The molecule has 2 heterocycles. The van der Waals surface area contributed by atoms with Crippen LogP contribution in [-0.4, -0.2) is 54.0 Å². The normalized spacial score (nSPS) is 30.3. The Labute approximate surface area is 93.0 Å². The third-order valence-electron chi connectivity index (χ3n) is 2.90. The maximum atomic E-state index is 11.9. The first-order valence-corrected chi connectivity index (χ1v) is 6.07. The third-order valence-corrected chi connectivity index (χ3v) is 3.78. The molecule has 2 atom stereocenters. The fourth-order valence-corrected chi connectivity index (χ4v) is 2.68. The minimum atomic E-state index is -0.326. The Balaban J connectivity index is 1.91. The second-order valence-electron chi connectivity index (χ2n) is 3.89. The molecule has 2 aliphatic heterocycles. The van der Waals surface area contributed by atoms with Crippen molar-refractivity contribution < 1.29 is 9.59 Å². The summed E-state index contributed by atoms with van der Waals surface area (Å²) >= 11 is 1.18. The molecule has 0 aliphatic carbocycles. The first-order chi connectivity index (χ1) is 7.18. The van der Waals surface area contributed by atoms with Gasteiger partial charge in [0.25, 0.3) is 5.24 Å². The van der Waals surface area contributed by atoms with Crippen molar-refractivity contribution in [2.75, 3.05) is 25.9 Å². The Hall–Kier alpha value is -0.750. The zero-order valence-corrected chi connectivity index (χ0v) is 9.47. The van der Waals surface area contributed by atoms with Gasteiger partial charge in [0.1, 0.15) is 6.04 Å². The van der Waals surface area contributed by atoms with E-state index in [0.29, 0.717) is 5.75 Å². The monoisotopic (exact) mass is 229 g/mol. The van der Waals surface area contributed by atoms with E-state index in [1.807, 2.05) is 7.05 Å². The average molecular weight is 229 g/mol. The number of carbonyl (C=O) groups excluding carboxylic acids is 2. The summed E-state index contributed by atoms with van der Waals surface area (Å²) in [6.07, 6.45) is 0.996. The first-order valence-electron chi connectivity index (χ1n) is 5.09. The standard InChI is InChI=1S/C9H15N3O2S/c1-12(6-2-3-10-4-6)8(13)7-5-15-9(14)11-7/h6-7,10H,2-5H2,1H3,(H,11,14)/t6?,7-/m0/s1. The van der Waals surface area contributed by atoms with Gasteiger partial charge in [0.2, 0.25) is 5.91 Å². The highest BCUT2D eigenvalue weighted by atomic mass is 32.2. The van der Waals surface area contributed by atoms with Crippen molar-refractivity contribution in [3.63, 3.8) is 0 Å². The molecule has 0 aromatic carbocycles. The van der Waals surface area contributed by atoms with Crippen molar-refractivity contribution in [3.05, 3.63) is 0 Å². The van der Waals surface area contributed by atoms with E-state index in [-0.39, 0.29) is 23.2 Å². The number of thioether (sulfide) groups is 1. The highest BCUT2D eigenvalue weighted by Gasteiger charge is 2.33. The van der Waals surface area contributed by atoms with Crippen LogP contribution in [0.2, 0.25) is 0 Å². The van der Waals surface area contributed by atoms with Crippen LogP contribution in [0.25, 0.3) is 0 Å². The summed E-state index contributed by atoms with van der Waals surface area (Å²) in [7, 11) is 1.81. The molecule has 2 fully saturated rings. The van der Waals surface area contributed by atoms with E-state index >= 15 is 0 Å². The Bertz CT molecular complexity index is 279. The molecule has 0 bridgehead atoms. The van der Waals surface area contributed by atoms with Gasteiger partial charge < -0.3 is 15.5 Å². The molecule has 6 heteroatoms. The quantitative estimate of drug-likeness (QED) is 0.678. The lowest BCUT2D eigenvalue weighted by Gasteiger charge is -2.26. The summed E-state index contributed by atoms with van der Waals surface area (Å²) in [5, 5.41) is 5.80. The van der Waals surface area contributed by atoms with Crippen molar-refractivity contribution in [1.82, 2.24) is 15.5 Å². The predicted molar refractivity (Wildman–Crippen MR) is 58.8 cm³/mol. The van der Waals surface area contributed by atoms with Crippen molar-refractivity contribution in [2.24, 2.45) is 0 Å². The van der Waals surface area contributed by atoms with Crippen molar-refractivity contribution >= 4 is 22.9 Å². The van der Waals surface area contributed by atoms with Crippen LogP contribution in [0.4, 0.5) is 4.79 Å². The molecule has 0 saturated carbocycles.